The maximum Gasteiger partial charge on any atom is 0.165 e. The number of nitrogens with zero attached hydrogens (tertiary/aromatic N) is 2. The van der Waals surface area contributed by atoms with E-state index in [0.29, 0.717) is 5.56 Å². The Kier molecular flexibility index (Phi) is 4.28. The van der Waals surface area contributed by atoms with Gasteiger partial charge < -0.3 is 9.84 Å². The number of aromatic nitrogens is 1. The van der Waals surface area contributed by atoms with Gasteiger partial charge >= 0.3 is 0 Å². The highest BCUT2D eigenvalue weighted by atomic mass is 19.1. The quantitative estimate of drug-likeness (QED) is 0.929. The molecular formula is C15H13FN2O2. The van der Waals surface area contributed by atoms with E-state index >= 15 is 0 Å². The van der Waals surface area contributed by atoms with Crippen LogP contribution < -0.4 is 4.74 Å². The largest absolute Gasteiger partial charge is 0.486 e. The molecule has 0 amide bonds. The van der Waals surface area contributed by atoms with E-state index in [1.54, 1.807) is 25.1 Å². The second-order valence-corrected chi connectivity index (χ2v) is 4.32. The topological polar surface area (TPSA) is 66.1 Å². The van der Waals surface area contributed by atoms with Crippen molar-refractivity contribution in [2.24, 2.45) is 0 Å². The van der Waals surface area contributed by atoms with Crippen molar-refractivity contribution in [3.05, 3.63) is 59.2 Å². The lowest BCUT2D eigenvalue weighted by Gasteiger charge is -2.10. The summed E-state index contributed by atoms with van der Waals surface area (Å²) >= 11 is 0. The van der Waals surface area contributed by atoms with E-state index in [-0.39, 0.29) is 18.1 Å². The summed E-state index contributed by atoms with van der Waals surface area (Å²) in [6.45, 7) is 1.71. The van der Waals surface area contributed by atoms with E-state index in [2.05, 4.69) is 4.98 Å². The number of ether oxygens (including phenoxy) is 1. The zero-order chi connectivity index (χ0) is 14.5. The van der Waals surface area contributed by atoms with E-state index in [1.165, 1.54) is 18.3 Å². The number of aliphatic hydroxyl groups excluding tert-OH is 1. The lowest BCUT2D eigenvalue weighted by atomic mass is 10.1. The minimum Gasteiger partial charge on any atom is -0.486 e. The van der Waals surface area contributed by atoms with Crippen LogP contribution in [0, 0.1) is 17.1 Å². The first-order chi connectivity index (χ1) is 9.60. The van der Waals surface area contributed by atoms with Gasteiger partial charge in [0.25, 0.3) is 0 Å². The van der Waals surface area contributed by atoms with Crippen LogP contribution in [0.3, 0.4) is 0 Å². The summed E-state index contributed by atoms with van der Waals surface area (Å²) in [4.78, 5) is 3.84. The van der Waals surface area contributed by atoms with Gasteiger partial charge in [0.15, 0.2) is 11.6 Å². The molecule has 102 valence electrons. The van der Waals surface area contributed by atoms with Crippen molar-refractivity contribution in [3.8, 4) is 11.8 Å². The highest BCUT2D eigenvalue weighted by molar-refractivity contribution is 5.31. The number of halogens is 1. The van der Waals surface area contributed by atoms with Crippen molar-refractivity contribution in [1.82, 2.24) is 4.98 Å². The molecule has 5 heteroatoms. The van der Waals surface area contributed by atoms with E-state index in [4.69, 9.17) is 10.00 Å². The SMILES string of the molecule is CC(O)c1ccc(OCc2ccnc(C#N)c2)c(F)c1. The standard InChI is InChI=1S/C15H13FN2O2/c1-10(19)12-2-3-15(14(16)7-12)20-9-11-4-5-18-13(6-11)8-17/h2-7,10,19H,9H2,1H3. The number of hydrogen-bond acceptors (Lipinski definition) is 4. The molecule has 0 aliphatic heterocycles. The fourth-order valence-corrected chi connectivity index (χ4v) is 1.68. The Morgan fingerprint density at radius 3 is 2.85 bits per heavy atom. The molecule has 0 aliphatic carbocycles. The molecule has 1 heterocycles. The Labute approximate surface area is 116 Å². The molecule has 2 aromatic rings. The van der Waals surface area contributed by atoms with Crippen molar-refractivity contribution >= 4 is 0 Å². The molecule has 0 fully saturated rings. The fraction of sp³-hybridized carbons (Fsp3) is 0.200. The van der Waals surface area contributed by atoms with E-state index < -0.39 is 11.9 Å². The molecule has 1 atom stereocenters. The smallest absolute Gasteiger partial charge is 0.165 e. The normalized spacial score (nSPS) is 11.7. The van der Waals surface area contributed by atoms with Gasteiger partial charge in [0, 0.05) is 6.20 Å². The van der Waals surface area contributed by atoms with Gasteiger partial charge in [-0.1, -0.05) is 6.07 Å². The predicted molar refractivity (Wildman–Crippen MR) is 70.3 cm³/mol. The Bertz CT molecular complexity index is 651. The average Bonchev–Trinajstić information content (AvgIpc) is 2.46. The van der Waals surface area contributed by atoms with Crippen LogP contribution in [0.5, 0.6) is 5.75 Å². The summed E-state index contributed by atoms with van der Waals surface area (Å²) in [5, 5.41) is 18.1. The minimum atomic E-state index is -0.725. The number of nitriles is 1. The summed E-state index contributed by atoms with van der Waals surface area (Å²) < 4.78 is 19.1. The van der Waals surface area contributed by atoms with Crippen LogP contribution >= 0.6 is 0 Å². The van der Waals surface area contributed by atoms with E-state index in [1.807, 2.05) is 6.07 Å². The Balaban J connectivity index is 2.09. The second-order valence-electron chi connectivity index (χ2n) is 4.32. The lowest BCUT2D eigenvalue weighted by molar-refractivity contribution is 0.198. The van der Waals surface area contributed by atoms with E-state index in [0.717, 1.165) is 5.56 Å². The monoisotopic (exact) mass is 272 g/mol. The zero-order valence-corrected chi connectivity index (χ0v) is 10.9. The minimum absolute atomic E-state index is 0.102. The highest BCUT2D eigenvalue weighted by Crippen LogP contribution is 2.22. The third-order valence-electron chi connectivity index (χ3n) is 2.77. The van der Waals surface area contributed by atoms with Crippen molar-refractivity contribution in [3.63, 3.8) is 0 Å². The van der Waals surface area contributed by atoms with Gasteiger partial charge in [0.2, 0.25) is 0 Å². The Morgan fingerprint density at radius 1 is 1.40 bits per heavy atom. The predicted octanol–water partition coefficient (Wildman–Crippen LogP) is 2.72. The number of pyridine rings is 1. The molecule has 0 bridgehead atoms. The molecule has 1 unspecified atom stereocenters. The first-order valence-corrected chi connectivity index (χ1v) is 6.05. The lowest BCUT2D eigenvalue weighted by Crippen LogP contribution is -2.00. The van der Waals surface area contributed by atoms with Crippen LogP contribution in [0.1, 0.15) is 29.8 Å². The van der Waals surface area contributed by atoms with Crippen LogP contribution in [0.15, 0.2) is 36.5 Å². The van der Waals surface area contributed by atoms with Crippen molar-refractivity contribution in [1.29, 1.82) is 5.26 Å². The molecule has 1 aromatic carbocycles. The fourth-order valence-electron chi connectivity index (χ4n) is 1.68. The summed E-state index contributed by atoms with van der Waals surface area (Å²) in [5.74, 6) is -0.428. The third kappa shape index (κ3) is 3.31. The Hall–Kier alpha value is -2.45. The molecule has 0 radical (unpaired) electrons. The maximum atomic E-state index is 13.8. The molecular weight excluding hydrogens is 259 g/mol. The van der Waals surface area contributed by atoms with Crippen LogP contribution in [-0.4, -0.2) is 10.1 Å². The van der Waals surface area contributed by atoms with Gasteiger partial charge in [-0.25, -0.2) is 9.37 Å². The maximum absolute atomic E-state index is 13.8. The molecule has 0 spiro atoms. The van der Waals surface area contributed by atoms with Gasteiger partial charge in [-0.2, -0.15) is 5.26 Å². The van der Waals surface area contributed by atoms with Crippen LogP contribution in [0.2, 0.25) is 0 Å². The second kappa shape index (κ2) is 6.13. The number of benzene rings is 1. The summed E-state index contributed by atoms with van der Waals surface area (Å²) in [5.41, 5.74) is 1.51. The van der Waals surface area contributed by atoms with Crippen molar-refractivity contribution < 1.29 is 14.2 Å². The van der Waals surface area contributed by atoms with Gasteiger partial charge in [-0.05, 0) is 42.3 Å². The third-order valence-corrected chi connectivity index (χ3v) is 2.77. The van der Waals surface area contributed by atoms with Crippen LogP contribution in [0.4, 0.5) is 4.39 Å². The Morgan fingerprint density at radius 2 is 2.20 bits per heavy atom. The van der Waals surface area contributed by atoms with Gasteiger partial charge in [-0.3, -0.25) is 0 Å². The molecule has 2 rings (SSSR count). The number of hydrogen-bond donors (Lipinski definition) is 1. The van der Waals surface area contributed by atoms with Crippen LogP contribution in [-0.2, 0) is 6.61 Å². The first kappa shape index (κ1) is 14.0. The molecule has 0 saturated carbocycles. The summed E-state index contributed by atoms with van der Waals surface area (Å²) in [6.07, 6.45) is 0.779. The van der Waals surface area contributed by atoms with Gasteiger partial charge in [0.1, 0.15) is 18.4 Å². The molecule has 1 N–H and O–H groups in total. The highest BCUT2D eigenvalue weighted by Gasteiger charge is 2.08. The van der Waals surface area contributed by atoms with Crippen LogP contribution in [0.25, 0.3) is 0 Å². The van der Waals surface area contributed by atoms with Gasteiger partial charge in [0.05, 0.1) is 6.10 Å². The molecule has 4 nitrogen and oxygen atoms in total. The van der Waals surface area contributed by atoms with Crippen molar-refractivity contribution in [2.45, 2.75) is 19.6 Å². The van der Waals surface area contributed by atoms with Crippen molar-refractivity contribution in [2.75, 3.05) is 0 Å². The first-order valence-electron chi connectivity index (χ1n) is 6.05. The number of aliphatic hydroxyl groups is 1. The molecule has 0 saturated heterocycles. The molecule has 1 aromatic heterocycles. The molecule has 0 aliphatic rings. The summed E-state index contributed by atoms with van der Waals surface area (Å²) in [7, 11) is 0. The molecule has 20 heavy (non-hydrogen) atoms. The van der Waals surface area contributed by atoms with E-state index in [9.17, 15) is 9.50 Å². The number of rotatable bonds is 4. The zero-order valence-electron chi connectivity index (χ0n) is 10.9. The average molecular weight is 272 g/mol. The van der Waals surface area contributed by atoms with Gasteiger partial charge in [-0.15, -0.1) is 0 Å². The summed E-state index contributed by atoms with van der Waals surface area (Å²) in [6, 6.07) is 9.54.